The molecule has 3 unspecified atom stereocenters. The summed E-state index contributed by atoms with van der Waals surface area (Å²) in [7, 11) is -0.841. The van der Waals surface area contributed by atoms with Gasteiger partial charge in [0.2, 0.25) is 0 Å². The Morgan fingerprint density at radius 2 is 2.17 bits per heavy atom. The molecule has 0 radical (unpaired) electrons. The molecule has 5 nitrogen and oxygen atoms in total. The number of sulfone groups is 1. The third kappa shape index (κ3) is 3.66. The van der Waals surface area contributed by atoms with Gasteiger partial charge in [0, 0.05) is 31.9 Å². The van der Waals surface area contributed by atoms with Gasteiger partial charge in [-0.05, 0) is 19.9 Å². The van der Waals surface area contributed by atoms with Crippen LogP contribution in [0.4, 0.5) is 0 Å². The third-order valence-corrected chi connectivity index (χ3v) is 5.62. The summed E-state index contributed by atoms with van der Waals surface area (Å²) in [6.07, 6.45) is 4.29. The Morgan fingerprint density at radius 3 is 2.83 bits per heavy atom. The maximum atomic E-state index is 11.7. The summed E-state index contributed by atoms with van der Waals surface area (Å²) in [6, 6.07) is 0.107. The Balaban J connectivity index is 1.82. The average molecular weight is 276 g/mol. The van der Waals surface area contributed by atoms with Crippen LogP contribution in [-0.4, -0.2) is 70.3 Å². The van der Waals surface area contributed by atoms with Gasteiger partial charge in [0.15, 0.2) is 9.84 Å². The Morgan fingerprint density at radius 1 is 1.39 bits per heavy atom. The van der Waals surface area contributed by atoms with Crippen LogP contribution < -0.4 is 5.32 Å². The van der Waals surface area contributed by atoms with Crippen molar-refractivity contribution in [3.8, 4) is 0 Å². The van der Waals surface area contributed by atoms with Crippen LogP contribution in [-0.2, 0) is 14.6 Å². The van der Waals surface area contributed by atoms with E-state index in [2.05, 4.69) is 17.3 Å². The molecular weight excluding hydrogens is 252 g/mol. The zero-order valence-corrected chi connectivity index (χ0v) is 12.1. The second kappa shape index (κ2) is 5.86. The summed E-state index contributed by atoms with van der Waals surface area (Å²) in [5.41, 5.74) is 0. The summed E-state index contributed by atoms with van der Waals surface area (Å²) in [5.74, 6) is 0. The molecule has 1 saturated heterocycles. The van der Waals surface area contributed by atoms with Crippen LogP contribution in [0.3, 0.4) is 0 Å². The minimum absolute atomic E-state index is 0.107. The molecule has 0 amide bonds. The molecule has 18 heavy (non-hydrogen) atoms. The molecule has 1 heterocycles. The van der Waals surface area contributed by atoms with E-state index in [0.717, 1.165) is 45.5 Å². The molecule has 1 aliphatic heterocycles. The average Bonchev–Trinajstić information content (AvgIpc) is 2.74. The Hall–Kier alpha value is -0.170. The summed E-state index contributed by atoms with van der Waals surface area (Å²) in [6.45, 7) is 3.42. The zero-order chi connectivity index (χ0) is 13.2. The second-order valence-electron chi connectivity index (χ2n) is 5.57. The van der Waals surface area contributed by atoms with Crippen molar-refractivity contribution < 1.29 is 13.2 Å². The predicted octanol–water partition coefficient (Wildman–Crippen LogP) is -0.128. The number of hydrogen-bond acceptors (Lipinski definition) is 5. The minimum Gasteiger partial charge on any atom is -0.374 e. The lowest BCUT2D eigenvalue weighted by Gasteiger charge is -2.31. The molecule has 2 fully saturated rings. The van der Waals surface area contributed by atoms with E-state index in [1.807, 2.05) is 0 Å². The van der Waals surface area contributed by atoms with Crippen LogP contribution in [0.5, 0.6) is 0 Å². The molecular formula is C12H24N2O3S. The maximum Gasteiger partial charge on any atom is 0.151 e. The van der Waals surface area contributed by atoms with E-state index in [4.69, 9.17) is 4.74 Å². The van der Waals surface area contributed by atoms with Crippen molar-refractivity contribution in [2.75, 3.05) is 39.5 Å². The monoisotopic (exact) mass is 276 g/mol. The first-order valence-corrected chi connectivity index (χ1v) is 8.64. The standard InChI is InChI=1S/C12H24N2O3S/c1-14-6-7-17-10(9-14)8-13-11-4-3-5-12(11)18(2,15)16/h10-13H,3-9H2,1-2H3. The highest BCUT2D eigenvalue weighted by atomic mass is 32.2. The van der Waals surface area contributed by atoms with Gasteiger partial charge in [0.05, 0.1) is 18.0 Å². The highest BCUT2D eigenvalue weighted by molar-refractivity contribution is 7.91. The topological polar surface area (TPSA) is 58.6 Å². The van der Waals surface area contributed by atoms with Crippen molar-refractivity contribution >= 4 is 9.84 Å². The summed E-state index contributed by atoms with van der Waals surface area (Å²) >= 11 is 0. The molecule has 0 aromatic carbocycles. The van der Waals surface area contributed by atoms with E-state index in [-0.39, 0.29) is 17.4 Å². The molecule has 1 aliphatic carbocycles. The molecule has 0 aromatic heterocycles. The van der Waals surface area contributed by atoms with E-state index in [1.54, 1.807) is 0 Å². The van der Waals surface area contributed by atoms with Crippen LogP contribution in [0.15, 0.2) is 0 Å². The highest BCUT2D eigenvalue weighted by Crippen LogP contribution is 2.25. The summed E-state index contributed by atoms with van der Waals surface area (Å²) in [5, 5.41) is 3.19. The summed E-state index contributed by atoms with van der Waals surface area (Å²) < 4.78 is 29.0. The normalized spacial score (nSPS) is 34.9. The molecule has 0 aromatic rings. The first-order chi connectivity index (χ1) is 8.47. The molecule has 0 spiro atoms. The molecule has 2 aliphatic rings. The van der Waals surface area contributed by atoms with Crippen molar-refractivity contribution in [2.24, 2.45) is 0 Å². The number of nitrogens with one attached hydrogen (secondary N) is 1. The number of likely N-dealkylation sites (N-methyl/N-ethyl adjacent to an activating group) is 1. The Bertz CT molecular complexity index is 372. The van der Waals surface area contributed by atoms with Gasteiger partial charge in [0.1, 0.15) is 0 Å². The second-order valence-corrected chi connectivity index (χ2v) is 7.83. The van der Waals surface area contributed by atoms with Gasteiger partial charge in [-0.2, -0.15) is 0 Å². The molecule has 0 bridgehead atoms. The number of rotatable bonds is 4. The van der Waals surface area contributed by atoms with Crippen LogP contribution in [0.2, 0.25) is 0 Å². The number of nitrogens with zero attached hydrogens (tertiary/aromatic N) is 1. The number of hydrogen-bond donors (Lipinski definition) is 1. The molecule has 6 heteroatoms. The van der Waals surface area contributed by atoms with Crippen molar-refractivity contribution in [2.45, 2.75) is 36.7 Å². The Labute approximate surface area is 110 Å². The van der Waals surface area contributed by atoms with Gasteiger partial charge in [-0.1, -0.05) is 6.42 Å². The fraction of sp³-hybridized carbons (Fsp3) is 1.00. The molecule has 106 valence electrons. The lowest BCUT2D eigenvalue weighted by molar-refractivity contribution is -0.0191. The fourth-order valence-corrected chi connectivity index (χ4v) is 4.37. The molecule has 1 N–H and O–H groups in total. The first-order valence-electron chi connectivity index (χ1n) is 6.69. The van der Waals surface area contributed by atoms with Gasteiger partial charge in [-0.25, -0.2) is 8.42 Å². The summed E-state index contributed by atoms with van der Waals surface area (Å²) in [4.78, 5) is 2.25. The van der Waals surface area contributed by atoms with E-state index >= 15 is 0 Å². The van der Waals surface area contributed by atoms with E-state index in [1.165, 1.54) is 6.26 Å². The van der Waals surface area contributed by atoms with Gasteiger partial charge in [-0.15, -0.1) is 0 Å². The lowest BCUT2D eigenvalue weighted by atomic mass is 10.2. The van der Waals surface area contributed by atoms with Gasteiger partial charge < -0.3 is 15.0 Å². The maximum absolute atomic E-state index is 11.7. The van der Waals surface area contributed by atoms with E-state index < -0.39 is 9.84 Å². The molecule has 2 rings (SSSR count). The first kappa shape index (κ1) is 14.2. The largest absolute Gasteiger partial charge is 0.374 e. The van der Waals surface area contributed by atoms with E-state index in [9.17, 15) is 8.42 Å². The molecule has 1 saturated carbocycles. The molecule has 3 atom stereocenters. The zero-order valence-electron chi connectivity index (χ0n) is 11.3. The van der Waals surface area contributed by atoms with Crippen molar-refractivity contribution in [1.82, 2.24) is 10.2 Å². The highest BCUT2D eigenvalue weighted by Gasteiger charge is 2.34. The smallest absolute Gasteiger partial charge is 0.151 e. The van der Waals surface area contributed by atoms with Crippen LogP contribution in [0.1, 0.15) is 19.3 Å². The lowest BCUT2D eigenvalue weighted by Crippen LogP contribution is -2.49. The quantitative estimate of drug-likeness (QED) is 0.775. The van der Waals surface area contributed by atoms with Crippen LogP contribution in [0, 0.1) is 0 Å². The predicted molar refractivity (Wildman–Crippen MR) is 71.5 cm³/mol. The fourth-order valence-electron chi connectivity index (χ4n) is 2.95. The van der Waals surface area contributed by atoms with Gasteiger partial charge in [0.25, 0.3) is 0 Å². The Kier molecular flexibility index (Phi) is 4.64. The van der Waals surface area contributed by atoms with Crippen LogP contribution >= 0.6 is 0 Å². The van der Waals surface area contributed by atoms with Crippen molar-refractivity contribution in [3.63, 3.8) is 0 Å². The van der Waals surface area contributed by atoms with Crippen LogP contribution in [0.25, 0.3) is 0 Å². The minimum atomic E-state index is -2.93. The van der Waals surface area contributed by atoms with Gasteiger partial charge >= 0.3 is 0 Å². The van der Waals surface area contributed by atoms with Gasteiger partial charge in [-0.3, -0.25) is 0 Å². The number of morpholine rings is 1. The third-order valence-electron chi connectivity index (χ3n) is 3.95. The SMILES string of the molecule is CN1CCOC(CNC2CCCC2S(C)(=O)=O)C1. The number of ether oxygens (including phenoxy) is 1. The van der Waals surface area contributed by atoms with Crippen molar-refractivity contribution in [3.05, 3.63) is 0 Å². The van der Waals surface area contributed by atoms with Crippen molar-refractivity contribution in [1.29, 1.82) is 0 Å². The van der Waals surface area contributed by atoms with E-state index in [0.29, 0.717) is 0 Å².